The maximum absolute atomic E-state index is 14.0. The van der Waals surface area contributed by atoms with Gasteiger partial charge in [-0.2, -0.15) is 5.10 Å². The molecule has 7 heteroatoms. The molecule has 0 fully saturated rings. The highest BCUT2D eigenvalue weighted by atomic mass is 19.1. The molecule has 3 aromatic rings. The topological polar surface area (TPSA) is 70.9 Å². The summed E-state index contributed by atoms with van der Waals surface area (Å²) in [6, 6.07) is 3.26. The van der Waals surface area contributed by atoms with Gasteiger partial charge in [0.2, 0.25) is 5.43 Å². The molecule has 1 aromatic carbocycles. The molecule has 0 unspecified atom stereocenters. The van der Waals surface area contributed by atoms with Crippen LogP contribution in [0.15, 0.2) is 23.0 Å². The van der Waals surface area contributed by atoms with Gasteiger partial charge in [-0.15, -0.1) is 0 Å². The van der Waals surface area contributed by atoms with Gasteiger partial charge in [-0.1, -0.05) is 6.07 Å². The zero-order valence-electron chi connectivity index (χ0n) is 12.8. The molecule has 120 valence electrons. The van der Waals surface area contributed by atoms with Gasteiger partial charge >= 0.3 is 0 Å². The predicted molar refractivity (Wildman–Crippen MR) is 82.5 cm³/mol. The van der Waals surface area contributed by atoms with Crippen molar-refractivity contribution in [2.75, 3.05) is 0 Å². The van der Waals surface area contributed by atoms with Crippen molar-refractivity contribution in [1.29, 1.82) is 0 Å². The molecule has 0 atom stereocenters. The molecular formula is C16H15F2N3O2. The minimum absolute atomic E-state index is 0.0790. The second-order valence-corrected chi connectivity index (χ2v) is 5.62. The van der Waals surface area contributed by atoms with E-state index < -0.39 is 28.4 Å². The fourth-order valence-corrected chi connectivity index (χ4v) is 2.64. The van der Waals surface area contributed by atoms with Crippen molar-refractivity contribution in [3.8, 4) is 17.0 Å². The molecule has 0 amide bonds. The largest absolute Gasteiger partial charge is 0.503 e. The number of H-pyrrole nitrogens is 1. The molecule has 0 radical (unpaired) electrons. The van der Waals surface area contributed by atoms with Crippen molar-refractivity contribution in [3.63, 3.8) is 0 Å². The lowest BCUT2D eigenvalue weighted by Gasteiger charge is -2.11. The molecule has 5 nitrogen and oxygen atoms in total. The van der Waals surface area contributed by atoms with Crippen LogP contribution in [0.4, 0.5) is 8.78 Å². The highest BCUT2D eigenvalue weighted by Crippen LogP contribution is 2.32. The van der Waals surface area contributed by atoms with Gasteiger partial charge in [-0.05, 0) is 32.9 Å². The van der Waals surface area contributed by atoms with E-state index in [2.05, 4.69) is 10.1 Å². The smallest absolute Gasteiger partial charge is 0.235 e. The monoisotopic (exact) mass is 319 g/mol. The molecular weight excluding hydrogens is 304 g/mol. The SMILES string of the molecule is Cc1nn(C(C)C)c2[nH]c(-c3c(F)cccc3F)c(O)c(=O)c12. The van der Waals surface area contributed by atoms with Gasteiger partial charge in [-0.25, -0.2) is 13.5 Å². The third kappa shape index (κ3) is 2.19. The van der Waals surface area contributed by atoms with Crippen LogP contribution in [0.5, 0.6) is 5.75 Å². The van der Waals surface area contributed by atoms with Crippen molar-refractivity contribution < 1.29 is 13.9 Å². The Hall–Kier alpha value is -2.70. The van der Waals surface area contributed by atoms with E-state index in [-0.39, 0.29) is 17.1 Å². The fraction of sp³-hybridized carbons (Fsp3) is 0.250. The Kier molecular flexibility index (Phi) is 3.43. The van der Waals surface area contributed by atoms with E-state index in [0.717, 1.165) is 12.1 Å². The number of benzene rings is 1. The van der Waals surface area contributed by atoms with Crippen LogP contribution < -0.4 is 5.43 Å². The summed E-state index contributed by atoms with van der Waals surface area (Å²) in [7, 11) is 0. The van der Waals surface area contributed by atoms with E-state index in [4.69, 9.17) is 0 Å². The number of aromatic nitrogens is 3. The number of fused-ring (bicyclic) bond motifs is 1. The molecule has 0 spiro atoms. The molecule has 0 aliphatic carbocycles. The minimum atomic E-state index is -0.873. The number of nitrogens with zero attached hydrogens (tertiary/aromatic N) is 2. The van der Waals surface area contributed by atoms with Gasteiger partial charge in [0, 0.05) is 6.04 Å². The number of hydrogen-bond donors (Lipinski definition) is 2. The Labute approximate surface area is 130 Å². The second-order valence-electron chi connectivity index (χ2n) is 5.62. The van der Waals surface area contributed by atoms with Gasteiger partial charge in [-0.3, -0.25) is 4.79 Å². The summed E-state index contributed by atoms with van der Waals surface area (Å²) in [5.74, 6) is -2.47. The zero-order valence-corrected chi connectivity index (χ0v) is 12.8. The predicted octanol–water partition coefficient (Wildman–Crippen LogP) is 3.26. The molecule has 0 aliphatic heterocycles. The highest BCUT2D eigenvalue weighted by Gasteiger charge is 2.23. The number of nitrogens with one attached hydrogen (secondary N) is 1. The van der Waals surface area contributed by atoms with Gasteiger partial charge in [0.25, 0.3) is 0 Å². The van der Waals surface area contributed by atoms with Crippen LogP contribution in [0, 0.1) is 18.6 Å². The first-order chi connectivity index (χ1) is 10.8. The van der Waals surface area contributed by atoms with Crippen LogP contribution in [0.2, 0.25) is 0 Å². The normalized spacial score (nSPS) is 11.6. The quantitative estimate of drug-likeness (QED) is 0.761. The number of rotatable bonds is 2. The van der Waals surface area contributed by atoms with Gasteiger partial charge in [0.15, 0.2) is 5.75 Å². The maximum Gasteiger partial charge on any atom is 0.235 e. The summed E-state index contributed by atoms with van der Waals surface area (Å²) in [6.45, 7) is 5.36. The van der Waals surface area contributed by atoms with Crippen molar-refractivity contribution >= 4 is 11.0 Å². The number of halogens is 2. The lowest BCUT2D eigenvalue weighted by molar-refractivity contribution is 0.469. The molecule has 2 N–H and O–H groups in total. The standard InChI is InChI=1S/C16H15F2N3O2/c1-7(2)21-16-11(8(3)20-21)14(22)15(23)13(19-16)12-9(17)5-4-6-10(12)18/h4-7,23H,1-3H3,(H,19,22). The van der Waals surface area contributed by atoms with Gasteiger partial charge in [0.1, 0.15) is 17.3 Å². The van der Waals surface area contributed by atoms with Crippen LogP contribution in [0.3, 0.4) is 0 Å². The maximum atomic E-state index is 14.0. The van der Waals surface area contributed by atoms with Crippen LogP contribution in [0.25, 0.3) is 22.3 Å². The van der Waals surface area contributed by atoms with Crippen molar-refractivity contribution in [2.24, 2.45) is 0 Å². The fourth-order valence-electron chi connectivity index (χ4n) is 2.64. The molecule has 0 bridgehead atoms. The first-order valence-corrected chi connectivity index (χ1v) is 7.11. The Bertz CT molecular complexity index is 953. The molecule has 0 saturated heterocycles. The first kappa shape index (κ1) is 15.2. The molecule has 0 saturated carbocycles. The van der Waals surface area contributed by atoms with Crippen LogP contribution in [-0.2, 0) is 0 Å². The third-order valence-electron chi connectivity index (χ3n) is 3.71. The van der Waals surface area contributed by atoms with E-state index >= 15 is 0 Å². The highest BCUT2D eigenvalue weighted by molar-refractivity contribution is 5.84. The van der Waals surface area contributed by atoms with Gasteiger partial charge in [0.05, 0.1) is 22.3 Å². The number of aromatic hydroxyl groups is 1. The average Bonchev–Trinajstić information content (AvgIpc) is 2.81. The molecule has 0 aliphatic rings. The minimum Gasteiger partial charge on any atom is -0.503 e. The molecule has 2 heterocycles. The number of hydrogen-bond acceptors (Lipinski definition) is 3. The Morgan fingerprint density at radius 3 is 2.43 bits per heavy atom. The average molecular weight is 319 g/mol. The molecule has 23 heavy (non-hydrogen) atoms. The van der Waals surface area contributed by atoms with E-state index in [1.807, 2.05) is 13.8 Å². The summed E-state index contributed by atoms with van der Waals surface area (Å²) in [5, 5.41) is 14.6. The lowest BCUT2D eigenvalue weighted by atomic mass is 10.1. The van der Waals surface area contributed by atoms with E-state index in [1.54, 1.807) is 11.6 Å². The summed E-state index contributed by atoms with van der Waals surface area (Å²) in [4.78, 5) is 15.2. The molecule has 2 aromatic heterocycles. The van der Waals surface area contributed by atoms with Crippen molar-refractivity contribution in [1.82, 2.24) is 14.8 Å². The zero-order chi connectivity index (χ0) is 16.9. The van der Waals surface area contributed by atoms with Gasteiger partial charge < -0.3 is 10.1 Å². The van der Waals surface area contributed by atoms with Crippen LogP contribution in [-0.4, -0.2) is 19.9 Å². The van der Waals surface area contributed by atoms with Crippen molar-refractivity contribution in [3.05, 3.63) is 45.8 Å². The summed E-state index contributed by atoms with van der Waals surface area (Å²) in [6.07, 6.45) is 0. The molecule has 3 rings (SSSR count). The number of pyridine rings is 1. The van der Waals surface area contributed by atoms with E-state index in [0.29, 0.717) is 11.3 Å². The summed E-state index contributed by atoms with van der Waals surface area (Å²) >= 11 is 0. The number of aryl methyl sites for hydroxylation is 1. The van der Waals surface area contributed by atoms with Crippen molar-refractivity contribution in [2.45, 2.75) is 26.8 Å². The Balaban J connectivity index is 2.47. The summed E-state index contributed by atoms with van der Waals surface area (Å²) < 4.78 is 29.6. The van der Waals surface area contributed by atoms with Crippen LogP contribution >= 0.6 is 0 Å². The lowest BCUT2D eigenvalue weighted by Crippen LogP contribution is -2.09. The second kappa shape index (κ2) is 5.19. The third-order valence-corrected chi connectivity index (χ3v) is 3.71. The van der Waals surface area contributed by atoms with E-state index in [9.17, 15) is 18.7 Å². The number of aromatic amines is 1. The first-order valence-electron chi connectivity index (χ1n) is 7.11. The van der Waals surface area contributed by atoms with E-state index in [1.165, 1.54) is 6.07 Å². The Morgan fingerprint density at radius 1 is 1.26 bits per heavy atom. The van der Waals surface area contributed by atoms with Crippen LogP contribution in [0.1, 0.15) is 25.6 Å². The Morgan fingerprint density at radius 2 is 1.87 bits per heavy atom. The summed E-state index contributed by atoms with van der Waals surface area (Å²) in [5.41, 5.74) is -0.720.